The number of hydrogen-bond donors (Lipinski definition) is 3. The van der Waals surface area contributed by atoms with Gasteiger partial charge in [-0.05, 0) is 30.0 Å². The van der Waals surface area contributed by atoms with E-state index >= 15 is 0 Å². The number of sulfonamides is 1. The summed E-state index contributed by atoms with van der Waals surface area (Å²) in [7, 11) is -2.20. The van der Waals surface area contributed by atoms with Crippen molar-refractivity contribution in [2.75, 3.05) is 20.1 Å². The lowest BCUT2D eigenvalue weighted by molar-refractivity contribution is -0.385. The van der Waals surface area contributed by atoms with E-state index in [2.05, 4.69) is 20.3 Å². The molecule has 0 atom stereocenters. The molecule has 0 spiro atoms. The smallest absolute Gasteiger partial charge is 0.270 e. The van der Waals surface area contributed by atoms with Crippen LogP contribution in [0, 0.1) is 17.0 Å². The molecule has 2 rings (SSSR count). The lowest BCUT2D eigenvalue weighted by atomic mass is 10.3. The molecule has 0 saturated heterocycles. The number of aryl methyl sites for hydroxylation is 1. The Morgan fingerprint density at radius 3 is 2.61 bits per heavy atom. The zero-order valence-corrected chi connectivity index (χ0v) is 19.3. The lowest BCUT2D eigenvalue weighted by Gasteiger charge is -2.12. The van der Waals surface area contributed by atoms with E-state index in [1.54, 1.807) is 18.4 Å². The summed E-state index contributed by atoms with van der Waals surface area (Å²) in [6.45, 7) is 3.07. The third-order valence-corrected chi connectivity index (χ3v) is 6.14. The summed E-state index contributed by atoms with van der Waals surface area (Å²) in [5, 5.41) is 19.0. The molecule has 154 valence electrons. The number of non-ortho nitro benzene ring substituents is 1. The highest BCUT2D eigenvalue weighted by molar-refractivity contribution is 14.0. The topological polar surface area (TPSA) is 126 Å². The SMILES string of the molecule is CN=C(NCCNS(=O)(=O)c1cccc([N+](=O)[O-])c1)NCc1sccc1C.I. The third kappa shape index (κ3) is 7.00. The second-order valence-electron chi connectivity index (χ2n) is 5.53. The number of guanidine groups is 1. The molecule has 28 heavy (non-hydrogen) atoms. The molecule has 0 aliphatic rings. The molecule has 2 aromatic rings. The first kappa shape index (κ1) is 24.3. The molecule has 0 aliphatic heterocycles. The van der Waals surface area contributed by atoms with Crippen LogP contribution >= 0.6 is 35.3 Å². The Morgan fingerprint density at radius 2 is 2.00 bits per heavy atom. The zero-order chi connectivity index (χ0) is 19.9. The Balaban J connectivity index is 0.00000392. The number of thiophene rings is 1. The molecule has 0 aliphatic carbocycles. The van der Waals surface area contributed by atoms with Gasteiger partial charge in [0.25, 0.3) is 5.69 Å². The van der Waals surface area contributed by atoms with Gasteiger partial charge in [-0.1, -0.05) is 6.07 Å². The minimum atomic E-state index is -3.83. The maximum atomic E-state index is 12.2. The monoisotopic (exact) mass is 539 g/mol. The Kier molecular flexibility index (Phi) is 9.78. The van der Waals surface area contributed by atoms with Crippen LogP contribution in [-0.2, 0) is 16.6 Å². The average Bonchev–Trinajstić information content (AvgIpc) is 3.06. The van der Waals surface area contributed by atoms with Gasteiger partial charge in [-0.3, -0.25) is 15.1 Å². The summed E-state index contributed by atoms with van der Waals surface area (Å²) in [5.74, 6) is 0.553. The minimum Gasteiger partial charge on any atom is -0.355 e. The molecule has 9 nitrogen and oxygen atoms in total. The molecule has 0 saturated carbocycles. The maximum Gasteiger partial charge on any atom is 0.270 e. The molecule has 0 fully saturated rings. The fourth-order valence-corrected chi connectivity index (χ4v) is 4.10. The highest BCUT2D eigenvalue weighted by Crippen LogP contribution is 2.17. The number of aliphatic imine (C=N–C) groups is 1. The number of rotatable bonds is 8. The van der Waals surface area contributed by atoms with Gasteiger partial charge in [0.05, 0.1) is 16.4 Å². The van der Waals surface area contributed by atoms with Gasteiger partial charge in [0.1, 0.15) is 0 Å². The number of nitrogens with zero attached hydrogens (tertiary/aromatic N) is 2. The van der Waals surface area contributed by atoms with Crippen molar-refractivity contribution < 1.29 is 13.3 Å². The van der Waals surface area contributed by atoms with Crippen LogP contribution in [0.3, 0.4) is 0 Å². The summed E-state index contributed by atoms with van der Waals surface area (Å²) in [6, 6.07) is 6.96. The van der Waals surface area contributed by atoms with Gasteiger partial charge in [0.15, 0.2) is 5.96 Å². The van der Waals surface area contributed by atoms with E-state index in [1.807, 2.05) is 18.4 Å². The van der Waals surface area contributed by atoms with Crippen molar-refractivity contribution in [3.8, 4) is 0 Å². The second-order valence-corrected chi connectivity index (χ2v) is 8.30. The van der Waals surface area contributed by atoms with Gasteiger partial charge in [-0.2, -0.15) is 0 Å². The predicted molar refractivity (Wildman–Crippen MR) is 121 cm³/mol. The predicted octanol–water partition coefficient (Wildman–Crippen LogP) is 2.23. The van der Waals surface area contributed by atoms with E-state index in [0.717, 1.165) is 6.07 Å². The van der Waals surface area contributed by atoms with Crippen LogP contribution in [-0.4, -0.2) is 39.4 Å². The van der Waals surface area contributed by atoms with E-state index in [-0.39, 0.29) is 41.1 Å². The Bertz CT molecular complexity index is 931. The van der Waals surface area contributed by atoms with Crippen molar-refractivity contribution in [2.45, 2.75) is 18.4 Å². The number of hydrogen-bond acceptors (Lipinski definition) is 6. The molecule has 1 heterocycles. The standard InChI is InChI=1S/C16H21N5O4S2.HI/c1-12-6-9-26-15(12)11-19-16(17-2)18-7-8-20-27(24,25)14-5-3-4-13(10-14)21(22)23;/h3-6,9-10,20H,7-8,11H2,1-2H3,(H2,17,18,19);1H. The van der Waals surface area contributed by atoms with Gasteiger partial charge in [-0.25, -0.2) is 13.1 Å². The Morgan fingerprint density at radius 1 is 1.25 bits per heavy atom. The summed E-state index contributed by atoms with van der Waals surface area (Å²) in [4.78, 5) is 15.3. The van der Waals surface area contributed by atoms with Crippen molar-refractivity contribution in [2.24, 2.45) is 4.99 Å². The van der Waals surface area contributed by atoms with Crippen molar-refractivity contribution in [1.29, 1.82) is 0 Å². The van der Waals surface area contributed by atoms with E-state index in [1.165, 1.54) is 28.6 Å². The largest absolute Gasteiger partial charge is 0.355 e. The Labute approximate surface area is 184 Å². The van der Waals surface area contributed by atoms with Crippen molar-refractivity contribution in [3.63, 3.8) is 0 Å². The first-order chi connectivity index (χ1) is 12.8. The van der Waals surface area contributed by atoms with E-state index < -0.39 is 14.9 Å². The van der Waals surface area contributed by atoms with Crippen LogP contribution < -0.4 is 15.4 Å². The number of halogens is 1. The fraction of sp³-hybridized carbons (Fsp3) is 0.312. The van der Waals surface area contributed by atoms with Crippen molar-refractivity contribution in [1.82, 2.24) is 15.4 Å². The van der Waals surface area contributed by atoms with Crippen molar-refractivity contribution >= 4 is 57.0 Å². The molecule has 1 aromatic carbocycles. The number of nitrogens with one attached hydrogen (secondary N) is 3. The van der Waals surface area contributed by atoms with E-state index in [4.69, 9.17) is 0 Å². The molecule has 0 unspecified atom stereocenters. The van der Waals surface area contributed by atoms with Gasteiger partial charge >= 0.3 is 0 Å². The summed E-state index contributed by atoms with van der Waals surface area (Å²) in [5.41, 5.74) is 0.928. The second kappa shape index (κ2) is 11.3. The molecular weight excluding hydrogens is 517 g/mol. The van der Waals surface area contributed by atoms with Crippen molar-refractivity contribution in [3.05, 3.63) is 56.3 Å². The summed E-state index contributed by atoms with van der Waals surface area (Å²) in [6.07, 6.45) is 0. The molecule has 3 N–H and O–H groups in total. The first-order valence-corrected chi connectivity index (χ1v) is 10.4. The summed E-state index contributed by atoms with van der Waals surface area (Å²) < 4.78 is 26.9. The zero-order valence-electron chi connectivity index (χ0n) is 15.3. The van der Waals surface area contributed by atoms with Crippen LogP contribution in [0.2, 0.25) is 0 Å². The highest BCUT2D eigenvalue weighted by Gasteiger charge is 2.17. The van der Waals surface area contributed by atoms with Gasteiger partial charge in [0, 0.05) is 37.1 Å². The van der Waals surface area contributed by atoms with Gasteiger partial charge in [-0.15, -0.1) is 35.3 Å². The fourth-order valence-electron chi connectivity index (χ4n) is 2.18. The molecule has 0 radical (unpaired) electrons. The number of nitro groups is 1. The molecular formula is C16H22IN5O4S2. The molecule has 12 heteroatoms. The maximum absolute atomic E-state index is 12.2. The van der Waals surface area contributed by atoms with Crippen LogP contribution in [0.25, 0.3) is 0 Å². The van der Waals surface area contributed by atoms with Gasteiger partial charge < -0.3 is 10.6 Å². The normalized spacial score (nSPS) is 11.6. The van der Waals surface area contributed by atoms with Crippen LogP contribution in [0.1, 0.15) is 10.4 Å². The Hall–Kier alpha value is -1.77. The first-order valence-electron chi connectivity index (χ1n) is 8.05. The average molecular weight is 539 g/mol. The molecule has 0 amide bonds. The highest BCUT2D eigenvalue weighted by atomic mass is 127. The molecule has 1 aromatic heterocycles. The minimum absolute atomic E-state index is 0. The summed E-state index contributed by atoms with van der Waals surface area (Å²) >= 11 is 1.65. The molecule has 0 bridgehead atoms. The third-order valence-electron chi connectivity index (χ3n) is 3.66. The lowest BCUT2D eigenvalue weighted by Crippen LogP contribution is -2.41. The van der Waals surface area contributed by atoms with Crippen LogP contribution in [0.5, 0.6) is 0 Å². The van der Waals surface area contributed by atoms with E-state index in [0.29, 0.717) is 19.0 Å². The van der Waals surface area contributed by atoms with Gasteiger partial charge in [0.2, 0.25) is 10.0 Å². The van der Waals surface area contributed by atoms with Crippen LogP contribution in [0.4, 0.5) is 5.69 Å². The van der Waals surface area contributed by atoms with Crippen LogP contribution in [0.15, 0.2) is 45.6 Å². The number of nitro benzene ring substituents is 1. The number of benzene rings is 1. The quantitative estimate of drug-likeness (QED) is 0.118. The van der Waals surface area contributed by atoms with E-state index in [9.17, 15) is 18.5 Å².